The minimum absolute atomic E-state index is 0.879. The van der Waals surface area contributed by atoms with Crippen LogP contribution in [0, 0.1) is 0 Å². The van der Waals surface area contributed by atoms with Gasteiger partial charge in [-0.05, 0) is 25.1 Å². The average molecular weight is 238 g/mol. The molecule has 0 unspecified atom stereocenters. The van der Waals surface area contributed by atoms with E-state index in [-0.39, 0.29) is 0 Å². The summed E-state index contributed by atoms with van der Waals surface area (Å²) in [5, 5.41) is 4.17. The number of methoxy groups -OCH3 is 1. The quantitative estimate of drug-likeness (QED) is 0.884. The van der Waals surface area contributed by atoms with Gasteiger partial charge in [0.25, 0.3) is 0 Å². The Balaban J connectivity index is 0.000000606. The maximum Gasteiger partial charge on any atom is 0.183 e. The fourth-order valence-corrected chi connectivity index (χ4v) is 2.22. The number of benzene rings is 1. The van der Waals surface area contributed by atoms with Gasteiger partial charge in [-0.2, -0.15) is 0 Å². The number of rotatable bonds is 3. The van der Waals surface area contributed by atoms with Gasteiger partial charge in [-0.1, -0.05) is 25.2 Å². The molecule has 0 radical (unpaired) electrons. The summed E-state index contributed by atoms with van der Waals surface area (Å²) in [4.78, 5) is 4.43. The van der Waals surface area contributed by atoms with Crippen molar-refractivity contribution in [3.63, 3.8) is 0 Å². The van der Waals surface area contributed by atoms with Gasteiger partial charge >= 0.3 is 0 Å². The van der Waals surface area contributed by atoms with E-state index in [1.165, 1.54) is 0 Å². The van der Waals surface area contributed by atoms with Crippen molar-refractivity contribution in [1.82, 2.24) is 4.98 Å². The first-order chi connectivity index (χ1) is 7.83. The molecule has 2 rings (SSSR count). The van der Waals surface area contributed by atoms with E-state index >= 15 is 0 Å². The summed E-state index contributed by atoms with van der Waals surface area (Å²) in [6.45, 7) is 6.96. The van der Waals surface area contributed by atoms with Gasteiger partial charge in [-0.25, -0.2) is 4.98 Å². The summed E-state index contributed by atoms with van der Waals surface area (Å²) >= 11 is 1.65. The van der Waals surface area contributed by atoms with Crippen molar-refractivity contribution in [3.05, 3.63) is 18.2 Å². The smallest absolute Gasteiger partial charge is 0.183 e. The Kier molecular flexibility index (Phi) is 5.05. The van der Waals surface area contributed by atoms with Crippen LogP contribution in [0.25, 0.3) is 10.2 Å². The van der Waals surface area contributed by atoms with E-state index in [4.69, 9.17) is 4.74 Å². The number of anilines is 1. The second-order valence-electron chi connectivity index (χ2n) is 2.88. The number of thiazole rings is 1. The number of ether oxygens (including phenoxy) is 1. The number of nitrogens with zero attached hydrogens (tertiary/aromatic N) is 1. The van der Waals surface area contributed by atoms with Crippen LogP contribution in [0.4, 0.5) is 5.13 Å². The summed E-state index contributed by atoms with van der Waals surface area (Å²) in [6.07, 6.45) is 0. The Morgan fingerprint density at radius 1 is 1.38 bits per heavy atom. The van der Waals surface area contributed by atoms with Crippen molar-refractivity contribution in [3.8, 4) is 5.75 Å². The fraction of sp³-hybridized carbons (Fsp3) is 0.417. The van der Waals surface area contributed by atoms with Crippen LogP contribution in [-0.4, -0.2) is 18.6 Å². The van der Waals surface area contributed by atoms with E-state index < -0.39 is 0 Å². The Bertz CT molecular complexity index is 440. The molecule has 0 atom stereocenters. The summed E-state index contributed by atoms with van der Waals surface area (Å²) in [5.74, 6) is 0.879. The zero-order valence-corrected chi connectivity index (χ0v) is 11.0. The molecule has 1 heterocycles. The number of hydrogen-bond donors (Lipinski definition) is 1. The van der Waals surface area contributed by atoms with Crippen LogP contribution in [0.3, 0.4) is 0 Å². The zero-order valence-electron chi connectivity index (χ0n) is 10.2. The molecule has 0 bridgehead atoms. The highest BCUT2D eigenvalue weighted by atomic mass is 32.1. The lowest BCUT2D eigenvalue weighted by Crippen LogP contribution is -1.94. The Hall–Kier alpha value is -1.29. The summed E-state index contributed by atoms with van der Waals surface area (Å²) in [5.41, 5.74) is 1.02. The topological polar surface area (TPSA) is 34.2 Å². The normalized spacial score (nSPS) is 9.50. The van der Waals surface area contributed by atoms with Crippen molar-refractivity contribution in [2.45, 2.75) is 20.8 Å². The highest BCUT2D eigenvalue weighted by Crippen LogP contribution is 2.28. The SMILES string of the molecule is CC.CCNc1nc2ccc(OC)cc2s1. The molecule has 3 nitrogen and oxygen atoms in total. The molecule has 0 fully saturated rings. The predicted octanol–water partition coefficient (Wildman–Crippen LogP) is 3.76. The van der Waals surface area contributed by atoms with Crippen molar-refractivity contribution >= 4 is 26.7 Å². The molecule has 0 aliphatic heterocycles. The van der Waals surface area contributed by atoms with Crippen molar-refractivity contribution in [1.29, 1.82) is 0 Å². The Labute approximate surface area is 100 Å². The molecule has 0 aliphatic carbocycles. The van der Waals surface area contributed by atoms with Crippen molar-refractivity contribution < 1.29 is 4.74 Å². The largest absolute Gasteiger partial charge is 0.497 e. The average Bonchev–Trinajstić information content (AvgIpc) is 2.73. The third-order valence-electron chi connectivity index (χ3n) is 1.92. The minimum Gasteiger partial charge on any atom is -0.497 e. The van der Waals surface area contributed by atoms with E-state index in [1.54, 1.807) is 18.4 Å². The second kappa shape index (κ2) is 6.33. The number of fused-ring (bicyclic) bond motifs is 1. The van der Waals surface area contributed by atoms with Crippen LogP contribution in [0.2, 0.25) is 0 Å². The van der Waals surface area contributed by atoms with Gasteiger partial charge in [-0.3, -0.25) is 0 Å². The Morgan fingerprint density at radius 2 is 2.12 bits per heavy atom. The van der Waals surface area contributed by atoms with Crippen LogP contribution in [0.15, 0.2) is 18.2 Å². The molecule has 0 spiro atoms. The van der Waals surface area contributed by atoms with Gasteiger partial charge in [-0.15, -0.1) is 0 Å². The second-order valence-corrected chi connectivity index (χ2v) is 3.91. The van der Waals surface area contributed by atoms with E-state index in [9.17, 15) is 0 Å². The first kappa shape index (κ1) is 12.8. The first-order valence-electron chi connectivity index (χ1n) is 5.52. The van der Waals surface area contributed by atoms with Gasteiger partial charge in [0.2, 0.25) is 0 Å². The predicted molar refractivity (Wildman–Crippen MR) is 71.7 cm³/mol. The van der Waals surface area contributed by atoms with Gasteiger partial charge in [0, 0.05) is 6.54 Å². The first-order valence-corrected chi connectivity index (χ1v) is 6.33. The van der Waals surface area contributed by atoms with Gasteiger partial charge in [0.05, 0.1) is 17.3 Å². The van der Waals surface area contributed by atoms with E-state index in [2.05, 4.69) is 17.2 Å². The molecule has 1 aromatic heterocycles. The molecule has 2 aromatic rings. The molecule has 1 N–H and O–H groups in total. The minimum atomic E-state index is 0.879. The maximum atomic E-state index is 5.15. The molecular weight excluding hydrogens is 220 g/mol. The van der Waals surface area contributed by atoms with Crippen LogP contribution in [0.5, 0.6) is 5.75 Å². The third-order valence-corrected chi connectivity index (χ3v) is 2.90. The molecule has 0 amide bonds. The molecule has 0 aliphatic rings. The maximum absolute atomic E-state index is 5.15. The summed E-state index contributed by atoms with van der Waals surface area (Å²) in [6, 6.07) is 5.91. The Morgan fingerprint density at radius 3 is 2.75 bits per heavy atom. The van der Waals surface area contributed by atoms with Crippen LogP contribution < -0.4 is 10.1 Å². The summed E-state index contributed by atoms with van der Waals surface area (Å²) < 4.78 is 6.30. The number of hydrogen-bond acceptors (Lipinski definition) is 4. The van der Waals surface area contributed by atoms with E-state index in [1.807, 2.05) is 32.0 Å². The number of nitrogens with one attached hydrogen (secondary N) is 1. The van der Waals surface area contributed by atoms with Crippen LogP contribution >= 0.6 is 11.3 Å². The lowest BCUT2D eigenvalue weighted by Gasteiger charge is -1.96. The molecular formula is C12H18N2OS. The van der Waals surface area contributed by atoms with E-state index in [0.29, 0.717) is 0 Å². The standard InChI is InChI=1S/C10H12N2OS.C2H6/c1-3-11-10-12-8-5-4-7(13-2)6-9(8)14-10;1-2/h4-6H,3H2,1-2H3,(H,11,12);1-2H3. The lowest BCUT2D eigenvalue weighted by atomic mass is 10.3. The van der Waals surface area contributed by atoms with Gasteiger partial charge in [0.15, 0.2) is 5.13 Å². The van der Waals surface area contributed by atoms with Crippen LogP contribution in [0.1, 0.15) is 20.8 Å². The van der Waals surface area contributed by atoms with E-state index in [0.717, 1.165) is 27.6 Å². The van der Waals surface area contributed by atoms with Gasteiger partial charge in [0.1, 0.15) is 5.75 Å². The van der Waals surface area contributed by atoms with Crippen molar-refractivity contribution in [2.75, 3.05) is 19.0 Å². The van der Waals surface area contributed by atoms with Crippen molar-refractivity contribution in [2.24, 2.45) is 0 Å². The highest BCUT2D eigenvalue weighted by molar-refractivity contribution is 7.22. The van der Waals surface area contributed by atoms with Crippen LogP contribution in [-0.2, 0) is 0 Å². The molecule has 88 valence electrons. The molecule has 0 saturated heterocycles. The molecule has 0 saturated carbocycles. The highest BCUT2D eigenvalue weighted by Gasteiger charge is 2.03. The lowest BCUT2D eigenvalue weighted by molar-refractivity contribution is 0.415. The summed E-state index contributed by atoms with van der Waals surface area (Å²) in [7, 11) is 1.67. The molecule has 4 heteroatoms. The number of aromatic nitrogens is 1. The monoisotopic (exact) mass is 238 g/mol. The van der Waals surface area contributed by atoms with Gasteiger partial charge < -0.3 is 10.1 Å². The molecule has 1 aromatic carbocycles. The zero-order chi connectivity index (χ0) is 12.0. The third kappa shape index (κ3) is 2.85. The fourth-order valence-electron chi connectivity index (χ4n) is 1.26. The molecule has 16 heavy (non-hydrogen) atoms.